The number of pyridine rings is 2. The predicted molar refractivity (Wildman–Crippen MR) is 102 cm³/mol. The van der Waals surface area contributed by atoms with Crippen molar-refractivity contribution in [2.75, 3.05) is 11.1 Å². The Balaban J connectivity index is 0.000000326. The lowest BCUT2D eigenvalue weighted by Crippen LogP contribution is -2.27. The molecule has 2 aromatic rings. The summed E-state index contributed by atoms with van der Waals surface area (Å²) < 4.78 is 56.2. The van der Waals surface area contributed by atoms with Gasteiger partial charge in [-0.2, -0.15) is 0 Å². The number of ether oxygens (including phenoxy) is 1. The van der Waals surface area contributed by atoms with E-state index in [0.29, 0.717) is 0 Å². The molecule has 1 amide bonds. The third kappa shape index (κ3) is 9.22. The van der Waals surface area contributed by atoms with Crippen molar-refractivity contribution >= 4 is 17.7 Å². The van der Waals surface area contributed by atoms with Crippen molar-refractivity contribution in [2.24, 2.45) is 0 Å². The van der Waals surface area contributed by atoms with E-state index in [2.05, 4.69) is 15.3 Å². The molecule has 0 radical (unpaired) electrons. The molecule has 0 aliphatic rings. The van der Waals surface area contributed by atoms with Crippen molar-refractivity contribution in [3.8, 4) is 0 Å². The van der Waals surface area contributed by atoms with Crippen LogP contribution in [0.2, 0.25) is 0 Å². The molecule has 0 bridgehead atoms. The third-order valence-corrected chi connectivity index (χ3v) is 3.18. The molecule has 29 heavy (non-hydrogen) atoms. The van der Waals surface area contributed by atoms with Gasteiger partial charge in [0.2, 0.25) is 0 Å². The van der Waals surface area contributed by atoms with Crippen LogP contribution in [0.1, 0.15) is 45.7 Å². The van der Waals surface area contributed by atoms with Crippen molar-refractivity contribution in [3.63, 3.8) is 0 Å². The molecule has 0 aromatic carbocycles. The van der Waals surface area contributed by atoms with Crippen LogP contribution in [0.5, 0.6) is 0 Å². The second-order valence-corrected chi connectivity index (χ2v) is 7.30. The maximum atomic E-state index is 13.1. The van der Waals surface area contributed by atoms with Gasteiger partial charge in [0.25, 0.3) is 11.8 Å². The molecule has 0 unspecified atom stereocenters. The van der Waals surface area contributed by atoms with Crippen LogP contribution in [-0.4, -0.2) is 21.7 Å². The first-order valence-corrected chi connectivity index (χ1v) is 8.52. The van der Waals surface area contributed by atoms with Gasteiger partial charge in [-0.25, -0.2) is 32.3 Å². The Morgan fingerprint density at radius 2 is 1.41 bits per heavy atom. The highest BCUT2D eigenvalue weighted by molar-refractivity contribution is 5.83. The smallest absolute Gasteiger partial charge is 0.413 e. The third-order valence-electron chi connectivity index (χ3n) is 3.18. The van der Waals surface area contributed by atoms with Gasteiger partial charge >= 0.3 is 6.09 Å². The number of carbonyl (C=O) groups excluding carboxylic acids is 1. The van der Waals surface area contributed by atoms with E-state index in [0.717, 1.165) is 19.9 Å². The summed E-state index contributed by atoms with van der Waals surface area (Å²) in [6, 6.07) is 4.72. The number of hydrogen-bond donors (Lipinski definition) is 2. The van der Waals surface area contributed by atoms with Crippen LogP contribution in [0.3, 0.4) is 0 Å². The van der Waals surface area contributed by atoms with E-state index >= 15 is 0 Å². The molecule has 2 rings (SSSR count). The minimum atomic E-state index is -2.98. The molecule has 0 saturated carbocycles. The second kappa shape index (κ2) is 9.06. The van der Waals surface area contributed by atoms with Gasteiger partial charge in [-0.3, -0.25) is 5.32 Å². The Hall–Kier alpha value is -2.91. The molecule has 3 N–H and O–H groups in total. The van der Waals surface area contributed by atoms with E-state index in [9.17, 15) is 22.4 Å². The summed E-state index contributed by atoms with van der Waals surface area (Å²) in [5.41, 5.74) is 4.23. The monoisotopic (exact) mass is 416 g/mol. The van der Waals surface area contributed by atoms with Crippen LogP contribution in [0.4, 0.5) is 34.0 Å². The highest BCUT2D eigenvalue weighted by Crippen LogP contribution is 2.28. The zero-order valence-corrected chi connectivity index (χ0v) is 16.8. The first-order valence-electron chi connectivity index (χ1n) is 8.52. The van der Waals surface area contributed by atoms with Gasteiger partial charge in [0.05, 0.1) is 0 Å². The molecule has 6 nitrogen and oxygen atoms in total. The van der Waals surface area contributed by atoms with Crippen molar-refractivity contribution in [1.29, 1.82) is 0 Å². The van der Waals surface area contributed by atoms with Gasteiger partial charge in [0, 0.05) is 37.4 Å². The number of alkyl halides is 4. The number of nitrogens with one attached hydrogen (secondary N) is 1. The molecule has 0 saturated heterocycles. The summed E-state index contributed by atoms with van der Waals surface area (Å²) in [5, 5.41) is 2.31. The number of nitrogens with two attached hydrogens (primary N) is 1. The van der Waals surface area contributed by atoms with E-state index in [1.54, 1.807) is 20.8 Å². The zero-order chi connectivity index (χ0) is 22.5. The summed E-state index contributed by atoms with van der Waals surface area (Å²) in [6.07, 6.45) is 1.74. The molecule has 0 fully saturated rings. The molecule has 0 spiro atoms. The topological polar surface area (TPSA) is 90.1 Å². The zero-order valence-electron chi connectivity index (χ0n) is 16.8. The van der Waals surface area contributed by atoms with Crippen LogP contribution in [-0.2, 0) is 16.6 Å². The summed E-state index contributed by atoms with van der Waals surface area (Å²) in [5.74, 6) is -5.67. The average Bonchev–Trinajstić information content (AvgIpc) is 2.52. The van der Waals surface area contributed by atoms with Crippen molar-refractivity contribution < 1.29 is 27.1 Å². The summed E-state index contributed by atoms with van der Waals surface area (Å²) in [4.78, 5) is 18.8. The Kier molecular flexibility index (Phi) is 7.54. The number of amides is 1. The Bertz CT molecular complexity index is 828. The van der Waals surface area contributed by atoms with Crippen LogP contribution in [0, 0.1) is 0 Å². The highest BCUT2D eigenvalue weighted by Gasteiger charge is 2.25. The maximum absolute atomic E-state index is 13.1. The molecular weight excluding hydrogens is 392 g/mol. The molecule has 0 atom stereocenters. The van der Waals surface area contributed by atoms with Gasteiger partial charge < -0.3 is 10.5 Å². The van der Waals surface area contributed by atoms with Gasteiger partial charge in [-0.05, 0) is 45.0 Å². The number of nitrogens with zero attached hydrogens (tertiary/aromatic N) is 2. The summed E-state index contributed by atoms with van der Waals surface area (Å²) >= 11 is 0. The van der Waals surface area contributed by atoms with E-state index < -0.39 is 23.5 Å². The summed E-state index contributed by atoms with van der Waals surface area (Å²) in [6.45, 7) is 6.71. The fourth-order valence-electron chi connectivity index (χ4n) is 1.90. The van der Waals surface area contributed by atoms with Crippen molar-refractivity contribution in [2.45, 2.75) is 52.1 Å². The summed E-state index contributed by atoms with van der Waals surface area (Å²) in [7, 11) is 0. The van der Waals surface area contributed by atoms with E-state index in [4.69, 9.17) is 10.5 Å². The number of hydrogen-bond acceptors (Lipinski definition) is 5. The number of carbonyl (C=O) groups is 1. The normalized spacial score (nSPS) is 11.9. The minimum absolute atomic E-state index is 0.0308. The lowest BCUT2D eigenvalue weighted by Gasteiger charge is -2.19. The maximum Gasteiger partial charge on any atom is 0.413 e. The second-order valence-electron chi connectivity index (χ2n) is 7.30. The molecule has 10 heteroatoms. The Morgan fingerprint density at radius 1 is 0.931 bits per heavy atom. The first kappa shape index (κ1) is 24.1. The number of aromatic nitrogens is 2. The van der Waals surface area contributed by atoms with Crippen LogP contribution >= 0.6 is 0 Å². The van der Waals surface area contributed by atoms with E-state index in [1.807, 2.05) is 0 Å². The standard InChI is InChI=1S/C12H16F2N2O2.C7H8F2N2/c1-11(2,3)18-10(17)16-9-7-8(5-6-15-9)12(4,13)14;1-7(8,9)5-2-3-11-6(10)4-5/h5-7H,1-4H3,(H,15,16,17);2-4H,1H3,(H2,10,11). The highest BCUT2D eigenvalue weighted by atomic mass is 19.3. The Labute approximate surface area is 166 Å². The molecular formula is C19H24F4N4O2. The van der Waals surface area contributed by atoms with Crippen LogP contribution in [0.25, 0.3) is 0 Å². The van der Waals surface area contributed by atoms with Gasteiger partial charge in [-0.1, -0.05) is 0 Å². The fraction of sp³-hybridized carbons (Fsp3) is 0.421. The minimum Gasteiger partial charge on any atom is -0.444 e. The quantitative estimate of drug-likeness (QED) is 0.662. The number of nitrogen functional groups attached to an aromatic ring is 1. The van der Waals surface area contributed by atoms with E-state index in [-0.39, 0.29) is 22.8 Å². The van der Waals surface area contributed by atoms with Crippen molar-refractivity contribution in [1.82, 2.24) is 9.97 Å². The fourth-order valence-corrected chi connectivity index (χ4v) is 1.90. The molecule has 0 aliphatic carbocycles. The SMILES string of the molecule is CC(C)(C)OC(=O)Nc1cc(C(C)(F)F)ccn1.CC(F)(F)c1ccnc(N)c1. The lowest BCUT2D eigenvalue weighted by atomic mass is 10.1. The van der Waals surface area contributed by atoms with Crippen LogP contribution < -0.4 is 11.1 Å². The number of anilines is 2. The number of halogens is 4. The Morgan fingerprint density at radius 3 is 1.83 bits per heavy atom. The average molecular weight is 416 g/mol. The molecule has 160 valence electrons. The first-order chi connectivity index (χ1) is 13.1. The van der Waals surface area contributed by atoms with Gasteiger partial charge in [-0.15, -0.1) is 0 Å². The molecule has 2 aromatic heterocycles. The van der Waals surface area contributed by atoms with Gasteiger partial charge in [0.15, 0.2) is 0 Å². The largest absolute Gasteiger partial charge is 0.444 e. The molecule has 2 heterocycles. The number of rotatable bonds is 3. The molecule has 0 aliphatic heterocycles. The predicted octanol–water partition coefficient (Wildman–Crippen LogP) is 5.32. The lowest BCUT2D eigenvalue weighted by molar-refractivity contribution is 0.0168. The van der Waals surface area contributed by atoms with Crippen LogP contribution in [0.15, 0.2) is 36.7 Å². The van der Waals surface area contributed by atoms with E-state index in [1.165, 1.54) is 30.6 Å². The van der Waals surface area contributed by atoms with Gasteiger partial charge in [0.1, 0.15) is 17.2 Å². The van der Waals surface area contributed by atoms with Crippen molar-refractivity contribution in [3.05, 3.63) is 47.8 Å².